The summed E-state index contributed by atoms with van der Waals surface area (Å²) in [5.74, 6) is 0.295. The Bertz CT molecular complexity index is 679. The lowest BCUT2D eigenvalue weighted by molar-refractivity contribution is -0.113. The zero-order valence-corrected chi connectivity index (χ0v) is 15.9. The van der Waals surface area contributed by atoms with Crippen molar-refractivity contribution >= 4 is 67.6 Å². The second kappa shape index (κ2) is 7.51. The van der Waals surface area contributed by atoms with Crippen molar-refractivity contribution < 1.29 is 4.79 Å². The number of aryl methyl sites for hydroxylation is 1. The lowest BCUT2D eigenvalue weighted by Crippen LogP contribution is -2.15. The number of carbonyl (C=O) groups is 1. The van der Waals surface area contributed by atoms with E-state index in [2.05, 4.69) is 43.8 Å². The summed E-state index contributed by atoms with van der Waals surface area (Å²) >= 11 is 7.05. The van der Waals surface area contributed by atoms with Gasteiger partial charge in [0, 0.05) is 24.3 Å². The number of amides is 1. The first-order valence-electron chi connectivity index (χ1n) is 6.19. The molecule has 0 radical (unpaired) electrons. The zero-order chi connectivity index (χ0) is 15.4. The molecule has 0 aliphatic rings. The third kappa shape index (κ3) is 4.89. The molecule has 0 unspecified atom stereocenters. The number of nitrogens with one attached hydrogen (secondary N) is 1. The van der Waals surface area contributed by atoms with Crippen LogP contribution in [0.5, 0.6) is 0 Å². The zero-order valence-electron chi connectivity index (χ0n) is 11.3. The summed E-state index contributed by atoms with van der Waals surface area (Å²) in [5.41, 5.74) is 8.50. The molecular weight excluding hydrogens is 463 g/mol. The average Bonchev–Trinajstić information content (AvgIpc) is 2.41. The number of halogens is 2. The average molecular weight is 477 g/mol. The first-order chi connectivity index (χ1) is 9.95. The maximum absolute atomic E-state index is 12.0. The van der Waals surface area contributed by atoms with Crippen molar-refractivity contribution in [3.63, 3.8) is 0 Å². The molecule has 21 heavy (non-hydrogen) atoms. The van der Waals surface area contributed by atoms with Gasteiger partial charge in [0.1, 0.15) is 0 Å². The Morgan fingerprint density at radius 1 is 1.33 bits per heavy atom. The Hall–Kier alpha value is -0.730. The van der Waals surface area contributed by atoms with Crippen LogP contribution < -0.4 is 11.1 Å². The molecule has 0 saturated heterocycles. The molecule has 0 heterocycles. The Labute approximate surface area is 150 Å². The van der Waals surface area contributed by atoms with E-state index in [-0.39, 0.29) is 5.91 Å². The van der Waals surface area contributed by atoms with Gasteiger partial charge in [-0.2, -0.15) is 0 Å². The number of anilines is 2. The van der Waals surface area contributed by atoms with E-state index in [9.17, 15) is 4.79 Å². The Morgan fingerprint density at radius 2 is 2.10 bits per heavy atom. The minimum absolute atomic E-state index is 0.0355. The highest BCUT2D eigenvalue weighted by atomic mass is 127. The fraction of sp³-hybridized carbons (Fsp3) is 0.133. The van der Waals surface area contributed by atoms with Crippen LogP contribution in [0, 0.1) is 10.5 Å². The van der Waals surface area contributed by atoms with Crippen LogP contribution in [-0.4, -0.2) is 11.7 Å². The van der Waals surface area contributed by atoms with Crippen LogP contribution in [0.15, 0.2) is 45.8 Å². The normalized spacial score (nSPS) is 10.4. The van der Waals surface area contributed by atoms with E-state index in [4.69, 9.17) is 5.73 Å². The molecule has 110 valence electrons. The standard InChI is InChI=1S/C15H14BrIN2OS/c1-9-6-11(17)3-4-13(9)19-15(20)8-21-14-5-2-10(16)7-12(14)18/h2-7H,8,18H2,1H3,(H,19,20). The number of nitrogen functional groups attached to an aromatic ring is 1. The van der Waals surface area contributed by atoms with Crippen LogP contribution in [-0.2, 0) is 4.79 Å². The van der Waals surface area contributed by atoms with E-state index in [1.54, 1.807) is 0 Å². The lowest BCUT2D eigenvalue weighted by atomic mass is 10.2. The van der Waals surface area contributed by atoms with Crippen LogP contribution in [0.3, 0.4) is 0 Å². The molecular formula is C15H14BrIN2OS. The number of hydrogen-bond donors (Lipinski definition) is 2. The van der Waals surface area contributed by atoms with Crippen molar-refractivity contribution in [1.29, 1.82) is 0 Å². The van der Waals surface area contributed by atoms with Crippen molar-refractivity contribution in [2.24, 2.45) is 0 Å². The molecule has 0 spiro atoms. The number of hydrogen-bond acceptors (Lipinski definition) is 3. The predicted octanol–water partition coefficient (Wildman–Crippen LogP) is 4.68. The molecule has 3 N–H and O–H groups in total. The third-order valence-corrected chi connectivity index (χ3v) is 5.05. The second-order valence-corrected chi connectivity index (χ2v) is 7.66. The first-order valence-corrected chi connectivity index (χ1v) is 9.05. The van der Waals surface area contributed by atoms with Gasteiger partial charge in [0.2, 0.25) is 5.91 Å². The lowest BCUT2D eigenvalue weighted by Gasteiger charge is -2.09. The van der Waals surface area contributed by atoms with E-state index in [0.717, 1.165) is 24.2 Å². The highest BCUT2D eigenvalue weighted by Crippen LogP contribution is 2.28. The maximum atomic E-state index is 12.0. The summed E-state index contributed by atoms with van der Waals surface area (Å²) < 4.78 is 2.09. The van der Waals surface area contributed by atoms with Gasteiger partial charge in [-0.1, -0.05) is 15.9 Å². The summed E-state index contributed by atoms with van der Waals surface area (Å²) in [4.78, 5) is 12.9. The summed E-state index contributed by atoms with van der Waals surface area (Å²) in [7, 11) is 0. The van der Waals surface area contributed by atoms with Crippen molar-refractivity contribution in [3.05, 3.63) is 50.0 Å². The smallest absolute Gasteiger partial charge is 0.234 e. The van der Waals surface area contributed by atoms with Gasteiger partial charge in [0.05, 0.1) is 5.75 Å². The number of carbonyl (C=O) groups excluding carboxylic acids is 1. The topological polar surface area (TPSA) is 55.1 Å². The first kappa shape index (κ1) is 16.6. The molecule has 3 nitrogen and oxygen atoms in total. The summed E-state index contributed by atoms with van der Waals surface area (Å²) in [5, 5.41) is 2.93. The van der Waals surface area contributed by atoms with Gasteiger partial charge in [-0.15, -0.1) is 11.8 Å². The van der Waals surface area contributed by atoms with Crippen molar-refractivity contribution in [1.82, 2.24) is 0 Å². The quantitative estimate of drug-likeness (QED) is 0.383. The van der Waals surface area contributed by atoms with Crippen molar-refractivity contribution in [3.8, 4) is 0 Å². The summed E-state index contributed by atoms with van der Waals surface area (Å²) in [6.07, 6.45) is 0. The van der Waals surface area contributed by atoms with Gasteiger partial charge in [-0.3, -0.25) is 4.79 Å². The molecule has 0 fully saturated rings. The van der Waals surface area contributed by atoms with Gasteiger partial charge < -0.3 is 11.1 Å². The van der Waals surface area contributed by atoms with Crippen LogP contribution in [0.4, 0.5) is 11.4 Å². The maximum Gasteiger partial charge on any atom is 0.234 e. The SMILES string of the molecule is Cc1cc(I)ccc1NC(=O)CSc1ccc(Br)cc1N. The van der Waals surface area contributed by atoms with E-state index >= 15 is 0 Å². The second-order valence-electron chi connectivity index (χ2n) is 4.48. The molecule has 0 atom stereocenters. The summed E-state index contributed by atoms with van der Waals surface area (Å²) in [6, 6.07) is 11.6. The highest BCUT2D eigenvalue weighted by molar-refractivity contribution is 14.1. The predicted molar refractivity (Wildman–Crippen MR) is 102 cm³/mol. The van der Waals surface area contributed by atoms with E-state index in [1.807, 2.05) is 43.3 Å². The highest BCUT2D eigenvalue weighted by Gasteiger charge is 2.08. The Morgan fingerprint density at radius 3 is 2.76 bits per heavy atom. The third-order valence-electron chi connectivity index (χ3n) is 2.79. The van der Waals surface area contributed by atoms with Gasteiger partial charge in [0.25, 0.3) is 0 Å². The van der Waals surface area contributed by atoms with E-state index in [0.29, 0.717) is 11.4 Å². The minimum atomic E-state index is -0.0355. The van der Waals surface area contributed by atoms with Crippen molar-refractivity contribution in [2.45, 2.75) is 11.8 Å². The number of thioether (sulfide) groups is 1. The Kier molecular flexibility index (Phi) is 5.95. The van der Waals surface area contributed by atoms with Crippen molar-refractivity contribution in [2.75, 3.05) is 16.8 Å². The van der Waals surface area contributed by atoms with Gasteiger partial charge in [-0.05, 0) is 71.5 Å². The fourth-order valence-corrected chi connectivity index (χ4v) is 3.52. The molecule has 0 saturated carbocycles. The number of rotatable bonds is 4. The molecule has 0 aliphatic carbocycles. The van der Waals surface area contributed by atoms with Crippen LogP contribution in [0.2, 0.25) is 0 Å². The molecule has 0 aromatic heterocycles. The van der Waals surface area contributed by atoms with Crippen LogP contribution in [0.1, 0.15) is 5.56 Å². The molecule has 6 heteroatoms. The van der Waals surface area contributed by atoms with E-state index in [1.165, 1.54) is 11.8 Å². The molecule has 0 aliphatic heterocycles. The molecule has 0 bridgehead atoms. The van der Waals surface area contributed by atoms with Crippen LogP contribution in [0.25, 0.3) is 0 Å². The number of benzene rings is 2. The summed E-state index contributed by atoms with van der Waals surface area (Å²) in [6.45, 7) is 1.98. The van der Waals surface area contributed by atoms with E-state index < -0.39 is 0 Å². The van der Waals surface area contributed by atoms with Gasteiger partial charge in [-0.25, -0.2) is 0 Å². The number of nitrogens with two attached hydrogens (primary N) is 1. The largest absolute Gasteiger partial charge is 0.398 e. The monoisotopic (exact) mass is 476 g/mol. The molecule has 2 aromatic carbocycles. The fourth-order valence-electron chi connectivity index (χ4n) is 1.75. The van der Waals surface area contributed by atoms with Crippen LogP contribution >= 0.6 is 50.3 Å². The minimum Gasteiger partial charge on any atom is -0.398 e. The molecule has 2 rings (SSSR count). The molecule has 1 amide bonds. The Balaban J connectivity index is 1.96. The van der Waals surface area contributed by atoms with Gasteiger partial charge in [0.15, 0.2) is 0 Å². The molecule has 2 aromatic rings. The van der Waals surface area contributed by atoms with Gasteiger partial charge >= 0.3 is 0 Å².